The van der Waals surface area contributed by atoms with E-state index < -0.39 is 10.0 Å². The summed E-state index contributed by atoms with van der Waals surface area (Å²) in [4.78, 5) is 6.57. The fourth-order valence-corrected chi connectivity index (χ4v) is 5.13. The lowest BCUT2D eigenvalue weighted by molar-refractivity contribution is 0.0719. The van der Waals surface area contributed by atoms with E-state index in [2.05, 4.69) is 20.1 Å². The van der Waals surface area contributed by atoms with Gasteiger partial charge in [-0.15, -0.1) is 0 Å². The summed E-state index contributed by atoms with van der Waals surface area (Å²) in [6.07, 6.45) is 2.42. The number of piperidine rings is 1. The highest BCUT2D eigenvalue weighted by Gasteiger charge is 2.36. The van der Waals surface area contributed by atoms with Gasteiger partial charge in [0.1, 0.15) is 11.6 Å². The lowest BCUT2D eigenvalue weighted by Gasteiger charge is -2.36. The second-order valence-electron chi connectivity index (χ2n) is 6.11. The Bertz CT molecular complexity index is 612. The quantitative estimate of drug-likeness (QED) is 0.809. The number of H-pyrrole nitrogens is 1. The highest BCUT2D eigenvalue weighted by atomic mass is 32.2. The first-order valence-corrected chi connectivity index (χ1v) is 9.79. The molecule has 0 spiro atoms. The Labute approximate surface area is 137 Å². The van der Waals surface area contributed by atoms with Crippen LogP contribution in [0.5, 0.6) is 0 Å². The molecule has 0 aromatic carbocycles. The largest absolute Gasteiger partial charge is 0.379 e. The molecule has 1 aromatic heterocycles. The number of morpholine rings is 1. The molecule has 130 valence electrons. The zero-order chi connectivity index (χ0) is 16.3. The monoisotopic (exact) mass is 343 g/mol. The molecule has 0 aliphatic carbocycles. The van der Waals surface area contributed by atoms with E-state index in [1.54, 1.807) is 4.31 Å². The van der Waals surface area contributed by atoms with Gasteiger partial charge in [-0.1, -0.05) is 6.92 Å². The molecule has 0 saturated carbocycles. The summed E-state index contributed by atoms with van der Waals surface area (Å²) in [6, 6.07) is 0. The first kappa shape index (κ1) is 16.8. The number of nitrogens with zero attached hydrogens (tertiary/aromatic N) is 4. The van der Waals surface area contributed by atoms with Gasteiger partial charge in [0.25, 0.3) is 0 Å². The Morgan fingerprint density at radius 1 is 1.30 bits per heavy atom. The van der Waals surface area contributed by atoms with Crippen molar-refractivity contribution in [2.45, 2.75) is 38.0 Å². The number of sulfonamides is 1. The Balaban J connectivity index is 1.63. The maximum Gasteiger partial charge on any atom is 0.218 e. The molecule has 1 N–H and O–H groups in total. The first-order chi connectivity index (χ1) is 11.1. The maximum atomic E-state index is 12.8. The Morgan fingerprint density at radius 2 is 2.09 bits per heavy atom. The van der Waals surface area contributed by atoms with E-state index in [9.17, 15) is 8.42 Å². The van der Waals surface area contributed by atoms with E-state index in [1.807, 2.05) is 6.92 Å². The van der Waals surface area contributed by atoms with Gasteiger partial charge >= 0.3 is 0 Å². The molecule has 2 aliphatic rings. The zero-order valence-electron chi connectivity index (χ0n) is 13.6. The average molecular weight is 343 g/mol. The van der Waals surface area contributed by atoms with Crippen molar-refractivity contribution in [2.75, 3.05) is 39.4 Å². The maximum absolute atomic E-state index is 12.8. The van der Waals surface area contributed by atoms with E-state index >= 15 is 0 Å². The molecule has 0 radical (unpaired) electrons. The van der Waals surface area contributed by atoms with Crippen molar-refractivity contribution in [3.05, 3.63) is 11.6 Å². The van der Waals surface area contributed by atoms with Crippen molar-refractivity contribution in [1.82, 2.24) is 24.4 Å². The molecule has 0 amide bonds. The van der Waals surface area contributed by atoms with Crippen LogP contribution in [0, 0.1) is 0 Å². The highest BCUT2D eigenvalue weighted by Crippen LogP contribution is 2.22. The number of ether oxygens (including phenoxy) is 1. The average Bonchev–Trinajstić information content (AvgIpc) is 3.03. The van der Waals surface area contributed by atoms with Crippen molar-refractivity contribution < 1.29 is 13.2 Å². The predicted molar refractivity (Wildman–Crippen MR) is 85.4 cm³/mol. The Kier molecular flexibility index (Phi) is 5.30. The molecule has 23 heavy (non-hydrogen) atoms. The molecule has 1 aromatic rings. The summed E-state index contributed by atoms with van der Waals surface area (Å²) in [7, 11) is -3.24. The summed E-state index contributed by atoms with van der Waals surface area (Å²) < 4.78 is 32.4. The normalized spacial score (nSPS) is 24.8. The van der Waals surface area contributed by atoms with Gasteiger partial charge in [-0.05, 0) is 19.4 Å². The van der Waals surface area contributed by atoms with Crippen LogP contribution in [0.25, 0.3) is 0 Å². The third-order valence-corrected chi connectivity index (χ3v) is 6.79. The van der Waals surface area contributed by atoms with Gasteiger partial charge in [0.05, 0.1) is 25.0 Å². The van der Waals surface area contributed by atoms with Gasteiger partial charge in [0.15, 0.2) is 0 Å². The van der Waals surface area contributed by atoms with Gasteiger partial charge < -0.3 is 4.74 Å². The van der Waals surface area contributed by atoms with E-state index in [-0.39, 0.29) is 5.25 Å². The van der Waals surface area contributed by atoms with Crippen LogP contribution in [0.4, 0.5) is 0 Å². The molecule has 2 aliphatic heterocycles. The van der Waals surface area contributed by atoms with Gasteiger partial charge in [-0.3, -0.25) is 10.00 Å². The topological polar surface area (TPSA) is 91.4 Å². The van der Waals surface area contributed by atoms with E-state index in [0.29, 0.717) is 39.4 Å². The molecule has 0 unspecified atom stereocenters. The van der Waals surface area contributed by atoms with Crippen molar-refractivity contribution in [3.63, 3.8) is 0 Å². The molecule has 8 nitrogen and oxygen atoms in total. The summed E-state index contributed by atoms with van der Waals surface area (Å²) in [5.74, 6) is 1.61. The predicted octanol–water partition coefficient (Wildman–Crippen LogP) is -0.00650. The van der Waals surface area contributed by atoms with Gasteiger partial charge in [0.2, 0.25) is 10.0 Å². The Hall–Kier alpha value is -1.03. The first-order valence-electron chi connectivity index (χ1n) is 8.29. The van der Waals surface area contributed by atoms with Crippen LogP contribution >= 0.6 is 0 Å². The lowest BCUT2D eigenvalue weighted by atomic mass is 10.1. The molecular weight excluding hydrogens is 318 g/mol. The highest BCUT2D eigenvalue weighted by molar-refractivity contribution is 7.89. The van der Waals surface area contributed by atoms with Gasteiger partial charge in [-0.25, -0.2) is 13.4 Å². The van der Waals surface area contributed by atoms with Crippen LogP contribution in [0.1, 0.15) is 31.4 Å². The Morgan fingerprint density at radius 3 is 2.78 bits per heavy atom. The van der Waals surface area contributed by atoms with E-state index in [0.717, 1.165) is 37.5 Å². The fourth-order valence-electron chi connectivity index (χ4n) is 3.19. The van der Waals surface area contributed by atoms with Crippen LogP contribution < -0.4 is 0 Å². The summed E-state index contributed by atoms with van der Waals surface area (Å²) >= 11 is 0. The van der Waals surface area contributed by atoms with Crippen molar-refractivity contribution in [3.8, 4) is 0 Å². The van der Waals surface area contributed by atoms with Crippen LogP contribution in [-0.4, -0.2) is 77.4 Å². The van der Waals surface area contributed by atoms with Crippen molar-refractivity contribution >= 4 is 10.0 Å². The number of nitrogens with one attached hydrogen (secondary N) is 1. The molecule has 2 fully saturated rings. The molecule has 9 heteroatoms. The minimum absolute atomic E-state index is 0.331. The number of hydrogen-bond donors (Lipinski definition) is 1. The second kappa shape index (κ2) is 7.25. The number of aryl methyl sites for hydroxylation is 1. The molecule has 2 saturated heterocycles. The molecular formula is C14H25N5O3S. The third kappa shape index (κ3) is 3.90. The van der Waals surface area contributed by atoms with Crippen LogP contribution in [-0.2, 0) is 27.7 Å². The lowest BCUT2D eigenvalue weighted by Crippen LogP contribution is -2.50. The number of aromatic nitrogens is 3. The molecule has 3 rings (SSSR count). The smallest absolute Gasteiger partial charge is 0.218 e. The van der Waals surface area contributed by atoms with E-state index in [4.69, 9.17) is 4.74 Å². The molecule has 0 bridgehead atoms. The number of hydrogen-bond acceptors (Lipinski definition) is 6. The fraction of sp³-hybridized carbons (Fsp3) is 0.857. The second-order valence-corrected chi connectivity index (χ2v) is 8.32. The minimum Gasteiger partial charge on any atom is -0.379 e. The molecule has 1 atom stereocenters. The van der Waals surface area contributed by atoms with Crippen molar-refractivity contribution in [1.29, 1.82) is 0 Å². The minimum atomic E-state index is -3.24. The van der Waals surface area contributed by atoms with E-state index in [1.165, 1.54) is 0 Å². The third-order valence-electron chi connectivity index (χ3n) is 4.48. The number of aromatic amines is 1. The summed E-state index contributed by atoms with van der Waals surface area (Å²) in [5, 5.41) is 6.75. The molecule has 3 heterocycles. The standard InChI is InChI=1S/C14H25N5O3S/c1-2-13-15-14(17-16-13)11-18-5-3-4-12(10-18)23(20,21)19-6-8-22-9-7-19/h12H,2-11H2,1H3,(H,15,16,17)/t12-/m1/s1. The summed E-state index contributed by atoms with van der Waals surface area (Å²) in [6.45, 7) is 6.03. The summed E-state index contributed by atoms with van der Waals surface area (Å²) in [5.41, 5.74) is 0. The van der Waals surface area contributed by atoms with Crippen LogP contribution in [0.15, 0.2) is 0 Å². The van der Waals surface area contributed by atoms with Gasteiger partial charge in [-0.2, -0.15) is 9.40 Å². The number of rotatable bonds is 5. The SMILES string of the molecule is CCc1n[nH]c(CN2CCC[C@@H](S(=O)(=O)N3CCOCC3)C2)n1. The van der Waals surface area contributed by atoms with Crippen LogP contribution in [0.2, 0.25) is 0 Å². The number of likely N-dealkylation sites (tertiary alicyclic amines) is 1. The van der Waals surface area contributed by atoms with Crippen LogP contribution in [0.3, 0.4) is 0 Å². The zero-order valence-corrected chi connectivity index (χ0v) is 14.4. The van der Waals surface area contributed by atoms with Gasteiger partial charge in [0, 0.05) is 26.1 Å². The van der Waals surface area contributed by atoms with Crippen molar-refractivity contribution in [2.24, 2.45) is 0 Å².